The molecule has 6 rings (SSSR count). The number of rotatable bonds is 3. The second kappa shape index (κ2) is 8.20. The minimum absolute atomic E-state index is 0.0652. The van der Waals surface area contributed by atoms with Gasteiger partial charge in [-0.2, -0.15) is 5.10 Å². The molecule has 0 aliphatic heterocycles. The summed E-state index contributed by atoms with van der Waals surface area (Å²) in [4.78, 5) is 12.8. The molecule has 1 unspecified atom stereocenters. The summed E-state index contributed by atoms with van der Waals surface area (Å²) in [5.74, 6) is -1.19. The first kappa shape index (κ1) is 25.2. The molecule has 5 nitrogen and oxygen atoms in total. The van der Waals surface area contributed by atoms with Crippen LogP contribution < -0.4 is 0 Å². The van der Waals surface area contributed by atoms with E-state index >= 15 is 4.39 Å². The number of fused-ring (bicyclic) bond motifs is 6. The van der Waals surface area contributed by atoms with Gasteiger partial charge in [0.05, 0.1) is 23.7 Å². The number of allylic oxidation sites excluding steroid dienone is 1. The maximum Gasteiger partial charge on any atom is 0.223 e. The van der Waals surface area contributed by atoms with Crippen LogP contribution >= 0.6 is 11.8 Å². The lowest BCUT2D eigenvalue weighted by atomic mass is 9.44. The third-order valence-electron chi connectivity index (χ3n) is 10.3. The van der Waals surface area contributed by atoms with E-state index < -0.39 is 45.2 Å². The summed E-state index contributed by atoms with van der Waals surface area (Å²) in [6.45, 7) is 3.64. The summed E-state index contributed by atoms with van der Waals surface area (Å²) >= 11 is 0.452. The molecule has 1 aromatic heterocycles. The maximum atomic E-state index is 17.6. The minimum atomic E-state index is -1.96. The number of benzene rings is 1. The highest BCUT2D eigenvalue weighted by Gasteiger charge is 2.74. The van der Waals surface area contributed by atoms with Crippen LogP contribution in [0.3, 0.4) is 0 Å². The molecule has 198 valence electrons. The van der Waals surface area contributed by atoms with E-state index in [4.69, 9.17) is 0 Å². The van der Waals surface area contributed by atoms with E-state index in [1.54, 1.807) is 29.9 Å². The number of carbonyl (C=O) groups excluding carboxylic acids is 1. The van der Waals surface area contributed by atoms with Crippen molar-refractivity contribution in [2.24, 2.45) is 22.7 Å². The normalized spacial score (nSPS) is 40.3. The maximum absolute atomic E-state index is 17.6. The van der Waals surface area contributed by atoms with Gasteiger partial charge in [-0.05, 0) is 80.3 Å². The third kappa shape index (κ3) is 3.13. The van der Waals surface area contributed by atoms with Gasteiger partial charge in [0.2, 0.25) is 5.12 Å². The molecule has 3 saturated carbocycles. The fourth-order valence-corrected chi connectivity index (χ4v) is 9.03. The van der Waals surface area contributed by atoms with Crippen LogP contribution in [0.1, 0.15) is 57.2 Å². The van der Waals surface area contributed by atoms with Gasteiger partial charge in [-0.15, -0.1) is 0 Å². The molecule has 7 atom stereocenters. The third-order valence-corrected chi connectivity index (χ3v) is 11.0. The topological polar surface area (TPSA) is 75.3 Å². The molecule has 37 heavy (non-hydrogen) atoms. The van der Waals surface area contributed by atoms with Crippen LogP contribution in [0, 0.1) is 28.5 Å². The molecule has 4 aliphatic carbocycles. The minimum Gasteiger partial charge on any atom is -0.390 e. The van der Waals surface area contributed by atoms with Gasteiger partial charge < -0.3 is 10.2 Å². The Kier molecular flexibility index (Phi) is 5.58. The standard InChI is InChI=1S/C28H31F3N2O3S/c1-25-12-16-14-32-33(19-6-4-18(30)5-7-19)22(16)11-17(25)3-8-21-20-9-10-27(36,24(35)37-15-29)26(20,2)13-23(34)28(21,25)31/h4-7,11,14,20-21,23,34,36H,3,8-10,12-13,15H2,1-2H3/t20-,21?,23-,25-,26-,27-,28-/m0/s1. The number of nitrogens with zero attached hydrogens (tertiary/aromatic N) is 2. The van der Waals surface area contributed by atoms with Crippen LogP contribution in [-0.2, 0) is 11.2 Å². The predicted octanol–water partition coefficient (Wildman–Crippen LogP) is 5.17. The van der Waals surface area contributed by atoms with Crippen molar-refractivity contribution in [3.05, 3.63) is 53.1 Å². The Balaban J connectivity index is 1.39. The lowest BCUT2D eigenvalue weighted by Gasteiger charge is -2.63. The second-order valence-electron chi connectivity index (χ2n) is 11.7. The quantitative estimate of drug-likeness (QED) is 0.570. The molecule has 3 fully saturated rings. The molecule has 0 amide bonds. The number of carbonyl (C=O) groups is 1. The van der Waals surface area contributed by atoms with E-state index in [1.165, 1.54) is 12.1 Å². The average molecular weight is 533 g/mol. The molecule has 1 heterocycles. The van der Waals surface area contributed by atoms with Crippen molar-refractivity contribution >= 4 is 23.0 Å². The van der Waals surface area contributed by atoms with E-state index in [9.17, 15) is 23.8 Å². The molecule has 2 aromatic rings. The molecule has 0 bridgehead atoms. The SMILES string of the molecule is C[C@]12Cc3cnn(-c4ccc(F)cc4)c3C=C1CCC1[C@@H]3CC[C@](O)(C(=O)SCF)[C@@]3(C)C[C@H](O)[C@@]12F. The summed E-state index contributed by atoms with van der Waals surface area (Å²) < 4.78 is 45.8. The Hall–Kier alpha value is -2.10. The largest absolute Gasteiger partial charge is 0.390 e. The fourth-order valence-electron chi connectivity index (χ4n) is 8.35. The Morgan fingerprint density at radius 2 is 1.95 bits per heavy atom. The highest BCUT2D eigenvalue weighted by atomic mass is 32.2. The van der Waals surface area contributed by atoms with E-state index in [0.29, 0.717) is 43.1 Å². The molecule has 0 saturated heterocycles. The second-order valence-corrected chi connectivity index (χ2v) is 12.6. The Morgan fingerprint density at radius 1 is 1.22 bits per heavy atom. The Morgan fingerprint density at radius 3 is 2.65 bits per heavy atom. The molecule has 9 heteroatoms. The zero-order chi connectivity index (χ0) is 26.4. The number of halogens is 3. The van der Waals surface area contributed by atoms with Gasteiger partial charge in [-0.1, -0.05) is 31.2 Å². The number of hydrogen-bond acceptors (Lipinski definition) is 5. The van der Waals surface area contributed by atoms with Crippen LogP contribution in [-0.4, -0.2) is 48.5 Å². The summed E-state index contributed by atoms with van der Waals surface area (Å²) in [7, 11) is 0. The molecular weight excluding hydrogens is 501 g/mol. The lowest BCUT2D eigenvalue weighted by molar-refractivity contribution is -0.222. The van der Waals surface area contributed by atoms with Crippen molar-refractivity contribution in [3.63, 3.8) is 0 Å². The number of aliphatic hydroxyl groups is 2. The van der Waals surface area contributed by atoms with Gasteiger partial charge in [-0.3, -0.25) is 4.79 Å². The van der Waals surface area contributed by atoms with Crippen molar-refractivity contribution in [2.75, 3.05) is 6.01 Å². The van der Waals surface area contributed by atoms with E-state index in [-0.39, 0.29) is 24.6 Å². The van der Waals surface area contributed by atoms with Gasteiger partial charge in [-0.25, -0.2) is 17.9 Å². The molecule has 1 aromatic carbocycles. The van der Waals surface area contributed by atoms with Gasteiger partial charge in [0, 0.05) is 16.7 Å². The first-order valence-corrected chi connectivity index (χ1v) is 13.8. The van der Waals surface area contributed by atoms with Crippen molar-refractivity contribution in [1.82, 2.24) is 9.78 Å². The lowest BCUT2D eigenvalue weighted by Crippen LogP contribution is -2.69. The monoisotopic (exact) mass is 532 g/mol. The smallest absolute Gasteiger partial charge is 0.223 e. The van der Waals surface area contributed by atoms with Crippen molar-refractivity contribution in [1.29, 1.82) is 0 Å². The number of alkyl halides is 2. The first-order chi connectivity index (χ1) is 17.5. The number of thioether (sulfide) groups is 1. The fraction of sp³-hybridized carbons (Fsp3) is 0.571. The molecular formula is C28H31F3N2O3S. The summed E-state index contributed by atoms with van der Waals surface area (Å²) in [5.41, 5.74) is -2.46. The highest BCUT2D eigenvalue weighted by Crippen LogP contribution is 2.70. The predicted molar refractivity (Wildman–Crippen MR) is 135 cm³/mol. The van der Waals surface area contributed by atoms with Crippen LogP contribution in [0.15, 0.2) is 36.0 Å². The summed E-state index contributed by atoms with van der Waals surface area (Å²) in [6.07, 6.45) is 4.28. The first-order valence-electron chi connectivity index (χ1n) is 12.9. The molecule has 0 radical (unpaired) electrons. The van der Waals surface area contributed by atoms with Crippen LogP contribution in [0.25, 0.3) is 11.8 Å². The number of aromatic nitrogens is 2. The average Bonchev–Trinajstić information content (AvgIpc) is 3.37. The van der Waals surface area contributed by atoms with Crippen LogP contribution in [0.5, 0.6) is 0 Å². The summed E-state index contributed by atoms with van der Waals surface area (Å²) in [6, 6.07) is 5.12. The number of aliphatic hydroxyl groups excluding tert-OH is 1. The van der Waals surface area contributed by atoms with Crippen LogP contribution in [0.2, 0.25) is 0 Å². The van der Waals surface area contributed by atoms with Gasteiger partial charge in [0.1, 0.15) is 23.1 Å². The molecule has 4 aliphatic rings. The molecule has 0 spiro atoms. The van der Waals surface area contributed by atoms with E-state index in [2.05, 4.69) is 5.10 Å². The highest BCUT2D eigenvalue weighted by molar-refractivity contribution is 8.13. The van der Waals surface area contributed by atoms with Crippen molar-refractivity contribution in [2.45, 2.75) is 69.7 Å². The van der Waals surface area contributed by atoms with Crippen molar-refractivity contribution < 1.29 is 28.2 Å². The van der Waals surface area contributed by atoms with Crippen molar-refractivity contribution in [3.8, 4) is 5.69 Å². The van der Waals surface area contributed by atoms with E-state index in [1.807, 2.05) is 13.0 Å². The van der Waals surface area contributed by atoms with E-state index in [0.717, 1.165) is 16.8 Å². The zero-order valence-electron chi connectivity index (χ0n) is 20.9. The Bertz CT molecular complexity index is 1300. The van der Waals surface area contributed by atoms with Gasteiger partial charge >= 0.3 is 0 Å². The summed E-state index contributed by atoms with van der Waals surface area (Å²) in [5, 5.41) is 26.9. The molecule has 2 N–H and O–H groups in total. The zero-order valence-corrected chi connectivity index (χ0v) is 21.7. The van der Waals surface area contributed by atoms with Gasteiger partial charge in [0.15, 0.2) is 0 Å². The number of hydrogen-bond donors (Lipinski definition) is 2. The van der Waals surface area contributed by atoms with Crippen LogP contribution in [0.4, 0.5) is 13.2 Å². The Labute approximate surface area is 218 Å². The van der Waals surface area contributed by atoms with Gasteiger partial charge in [0.25, 0.3) is 0 Å².